The molecule has 0 spiro atoms. The smallest absolute Gasteiger partial charge is 0.123 e. The number of nitrogens with zero attached hydrogens (tertiary/aromatic N) is 3. The lowest BCUT2D eigenvalue weighted by Crippen LogP contribution is -2.40. The van der Waals surface area contributed by atoms with Gasteiger partial charge in [0.15, 0.2) is 0 Å². The van der Waals surface area contributed by atoms with Gasteiger partial charge in [-0.15, -0.1) is 0 Å². The van der Waals surface area contributed by atoms with Crippen LogP contribution in [0.25, 0.3) is 11.8 Å². The highest BCUT2D eigenvalue weighted by Crippen LogP contribution is 2.54. The third-order valence-electron chi connectivity index (χ3n) is 6.71. The van der Waals surface area contributed by atoms with Gasteiger partial charge in [0.25, 0.3) is 0 Å². The SMILES string of the molecule is C[C@]12Cc3cnn(-c4ccc(F)cc4)c3C=C1CCC[C@@H]2[C@@H](O)c1ccccn1. The maximum absolute atomic E-state index is 13.3. The number of hydrogen-bond donors (Lipinski definition) is 1. The summed E-state index contributed by atoms with van der Waals surface area (Å²) in [5, 5.41) is 15.8. The van der Waals surface area contributed by atoms with E-state index in [0.29, 0.717) is 0 Å². The van der Waals surface area contributed by atoms with Gasteiger partial charge < -0.3 is 5.11 Å². The van der Waals surface area contributed by atoms with Gasteiger partial charge in [0, 0.05) is 6.20 Å². The minimum Gasteiger partial charge on any atom is -0.386 e. The highest BCUT2D eigenvalue weighted by molar-refractivity contribution is 5.61. The van der Waals surface area contributed by atoms with Gasteiger partial charge in [-0.2, -0.15) is 5.10 Å². The highest BCUT2D eigenvalue weighted by atomic mass is 19.1. The molecule has 29 heavy (non-hydrogen) atoms. The van der Waals surface area contributed by atoms with E-state index in [2.05, 4.69) is 23.1 Å². The van der Waals surface area contributed by atoms with Crippen molar-refractivity contribution in [1.82, 2.24) is 14.8 Å². The minimum absolute atomic E-state index is 0.111. The molecule has 0 amide bonds. The molecule has 2 aliphatic rings. The Kier molecular flexibility index (Phi) is 4.36. The standard InChI is InChI=1S/C24H24FN3O/c1-24-14-16-15-27-28(19-10-8-18(25)9-11-19)22(16)13-17(24)5-4-6-20(24)23(29)21-7-2-3-12-26-21/h2-3,7-13,15,20,23,29H,4-6,14H2,1H3/t20-,23-,24+/m1/s1. The first-order chi connectivity index (χ1) is 14.1. The van der Waals surface area contributed by atoms with Gasteiger partial charge in [-0.3, -0.25) is 4.98 Å². The quantitative estimate of drug-likeness (QED) is 0.694. The number of fused-ring (bicyclic) bond motifs is 2. The second-order valence-electron chi connectivity index (χ2n) is 8.41. The highest BCUT2D eigenvalue weighted by Gasteiger charge is 2.46. The van der Waals surface area contributed by atoms with Crippen molar-refractivity contribution < 1.29 is 9.50 Å². The number of aromatic nitrogens is 3. The van der Waals surface area contributed by atoms with E-state index in [9.17, 15) is 9.50 Å². The van der Waals surface area contributed by atoms with E-state index < -0.39 is 6.10 Å². The summed E-state index contributed by atoms with van der Waals surface area (Å²) in [5.74, 6) is -0.140. The Morgan fingerprint density at radius 1 is 1.21 bits per heavy atom. The number of aliphatic hydroxyl groups excluding tert-OH is 1. The van der Waals surface area contributed by atoms with E-state index in [-0.39, 0.29) is 17.2 Å². The predicted molar refractivity (Wildman–Crippen MR) is 110 cm³/mol. The van der Waals surface area contributed by atoms with Crippen LogP contribution in [-0.2, 0) is 6.42 Å². The molecule has 2 heterocycles. The normalized spacial score (nSPS) is 24.4. The zero-order valence-electron chi connectivity index (χ0n) is 16.4. The average molecular weight is 389 g/mol. The Morgan fingerprint density at radius 2 is 2.03 bits per heavy atom. The van der Waals surface area contributed by atoms with Crippen molar-refractivity contribution in [3.63, 3.8) is 0 Å². The Morgan fingerprint density at radius 3 is 2.79 bits per heavy atom. The lowest BCUT2D eigenvalue weighted by Gasteiger charge is -2.47. The number of benzene rings is 1. The Balaban J connectivity index is 1.53. The van der Waals surface area contributed by atoms with E-state index in [1.165, 1.54) is 23.3 Å². The van der Waals surface area contributed by atoms with Gasteiger partial charge in [0.2, 0.25) is 0 Å². The molecule has 1 saturated carbocycles. The molecule has 0 unspecified atom stereocenters. The fourth-order valence-corrected chi connectivity index (χ4v) is 5.13. The molecular formula is C24H24FN3O. The first kappa shape index (κ1) is 18.3. The number of aliphatic hydroxyl groups is 1. The van der Waals surface area contributed by atoms with Gasteiger partial charge in [-0.1, -0.05) is 18.6 Å². The van der Waals surface area contributed by atoms with Crippen LogP contribution in [0.2, 0.25) is 0 Å². The summed E-state index contributed by atoms with van der Waals surface area (Å²) in [6, 6.07) is 12.1. The van der Waals surface area contributed by atoms with Crippen LogP contribution in [0.5, 0.6) is 0 Å². The summed E-state index contributed by atoms with van der Waals surface area (Å²) < 4.78 is 15.2. The van der Waals surface area contributed by atoms with Crippen LogP contribution in [0, 0.1) is 17.2 Å². The molecule has 0 saturated heterocycles. The summed E-state index contributed by atoms with van der Waals surface area (Å²) in [7, 11) is 0. The number of hydrogen-bond acceptors (Lipinski definition) is 3. The molecular weight excluding hydrogens is 365 g/mol. The van der Waals surface area contributed by atoms with Gasteiger partial charge >= 0.3 is 0 Å². The zero-order chi connectivity index (χ0) is 20.0. The molecule has 1 aromatic carbocycles. The number of allylic oxidation sites excluding steroid dienone is 1. The van der Waals surface area contributed by atoms with Crippen LogP contribution < -0.4 is 0 Å². The third kappa shape index (κ3) is 3.01. The molecule has 4 nitrogen and oxygen atoms in total. The molecule has 3 atom stereocenters. The van der Waals surface area contributed by atoms with Gasteiger partial charge in [0.1, 0.15) is 5.82 Å². The summed E-state index contributed by atoms with van der Waals surface area (Å²) in [5.41, 5.74) is 5.07. The van der Waals surface area contributed by atoms with Crippen molar-refractivity contribution in [2.45, 2.75) is 38.7 Å². The first-order valence-corrected chi connectivity index (χ1v) is 10.2. The van der Waals surface area contributed by atoms with E-state index >= 15 is 0 Å². The van der Waals surface area contributed by atoms with Crippen molar-refractivity contribution in [3.8, 4) is 5.69 Å². The monoisotopic (exact) mass is 389 g/mol. The first-order valence-electron chi connectivity index (χ1n) is 10.2. The third-order valence-corrected chi connectivity index (χ3v) is 6.71. The van der Waals surface area contributed by atoms with Crippen LogP contribution in [0.15, 0.2) is 60.4 Å². The molecule has 2 aliphatic carbocycles. The van der Waals surface area contributed by atoms with Crippen LogP contribution in [-0.4, -0.2) is 19.9 Å². The van der Waals surface area contributed by atoms with Crippen molar-refractivity contribution >= 4 is 6.08 Å². The summed E-state index contributed by atoms with van der Waals surface area (Å²) in [6.45, 7) is 2.27. The van der Waals surface area contributed by atoms with E-state index in [4.69, 9.17) is 0 Å². The van der Waals surface area contributed by atoms with E-state index in [0.717, 1.165) is 42.8 Å². The molecule has 3 aromatic rings. The van der Waals surface area contributed by atoms with Crippen LogP contribution in [0.4, 0.5) is 4.39 Å². The minimum atomic E-state index is -0.585. The summed E-state index contributed by atoms with van der Waals surface area (Å²) >= 11 is 0. The lowest BCUT2D eigenvalue weighted by atomic mass is 9.58. The fraction of sp³-hybridized carbons (Fsp3) is 0.333. The summed E-state index contributed by atoms with van der Waals surface area (Å²) in [4.78, 5) is 4.40. The van der Waals surface area contributed by atoms with Crippen LogP contribution >= 0.6 is 0 Å². The molecule has 1 N–H and O–H groups in total. The Hall–Kier alpha value is -2.79. The van der Waals surface area contributed by atoms with Crippen molar-refractivity contribution in [1.29, 1.82) is 0 Å². The summed E-state index contributed by atoms with van der Waals surface area (Å²) in [6.07, 6.45) is 9.20. The average Bonchev–Trinajstić information content (AvgIpc) is 3.14. The Bertz CT molecular complexity index is 1060. The molecule has 5 rings (SSSR count). The van der Waals surface area contributed by atoms with Gasteiger partial charge in [0.05, 0.1) is 29.4 Å². The van der Waals surface area contributed by atoms with Gasteiger partial charge in [-0.05, 0) is 85.1 Å². The predicted octanol–water partition coefficient (Wildman–Crippen LogP) is 4.89. The largest absolute Gasteiger partial charge is 0.386 e. The van der Waals surface area contributed by atoms with Crippen molar-refractivity contribution in [2.75, 3.05) is 0 Å². The second-order valence-corrected chi connectivity index (χ2v) is 8.41. The van der Waals surface area contributed by atoms with Crippen molar-refractivity contribution in [2.24, 2.45) is 11.3 Å². The molecule has 1 fully saturated rings. The van der Waals surface area contributed by atoms with Crippen LogP contribution in [0.3, 0.4) is 0 Å². The molecule has 0 bridgehead atoms. The fourth-order valence-electron chi connectivity index (χ4n) is 5.13. The number of rotatable bonds is 3. The number of halogens is 1. The second kappa shape index (κ2) is 6.92. The Labute approximate surface area is 169 Å². The maximum Gasteiger partial charge on any atom is 0.123 e. The van der Waals surface area contributed by atoms with Crippen LogP contribution in [0.1, 0.15) is 49.2 Å². The van der Waals surface area contributed by atoms with Crippen molar-refractivity contribution in [3.05, 3.63) is 83.2 Å². The maximum atomic E-state index is 13.3. The zero-order valence-corrected chi connectivity index (χ0v) is 16.4. The molecule has 148 valence electrons. The molecule has 0 radical (unpaired) electrons. The number of pyridine rings is 1. The van der Waals surface area contributed by atoms with E-state index in [1.807, 2.05) is 29.1 Å². The van der Waals surface area contributed by atoms with E-state index in [1.54, 1.807) is 18.3 Å². The molecule has 5 heteroatoms. The van der Waals surface area contributed by atoms with Gasteiger partial charge in [-0.25, -0.2) is 9.07 Å². The topological polar surface area (TPSA) is 50.9 Å². The lowest BCUT2D eigenvalue weighted by molar-refractivity contribution is 0.0190. The molecule has 0 aliphatic heterocycles. The molecule has 2 aromatic heterocycles.